The molecular formula is C22H24N2O3S. The first-order chi connectivity index (χ1) is 13.5. The Balaban J connectivity index is 1.80. The lowest BCUT2D eigenvalue weighted by Gasteiger charge is -2.12. The first-order valence-electron chi connectivity index (χ1n) is 8.97. The van der Waals surface area contributed by atoms with Crippen LogP contribution in [0.1, 0.15) is 22.4 Å². The molecule has 3 rings (SSSR count). The van der Waals surface area contributed by atoms with Gasteiger partial charge in [-0.1, -0.05) is 36.0 Å². The number of rotatable bonds is 7. The second-order valence-electron chi connectivity index (χ2n) is 6.49. The lowest BCUT2D eigenvalue weighted by Crippen LogP contribution is -2.25. The van der Waals surface area contributed by atoms with Crippen LogP contribution in [0.15, 0.2) is 58.5 Å². The number of methoxy groups -OCH3 is 2. The van der Waals surface area contributed by atoms with Gasteiger partial charge in [-0.25, -0.2) is 4.98 Å². The van der Waals surface area contributed by atoms with Crippen molar-refractivity contribution in [3.05, 3.63) is 81.3 Å². The zero-order valence-electron chi connectivity index (χ0n) is 16.6. The quantitative estimate of drug-likeness (QED) is 0.446. The summed E-state index contributed by atoms with van der Waals surface area (Å²) in [6.45, 7) is 1.90. The molecule has 1 heterocycles. The van der Waals surface area contributed by atoms with Crippen LogP contribution in [0.25, 0.3) is 0 Å². The first-order valence-corrected chi connectivity index (χ1v) is 9.95. The maximum Gasteiger partial charge on any atom is 0.257 e. The van der Waals surface area contributed by atoms with Crippen LogP contribution < -0.4 is 15.0 Å². The molecule has 0 aliphatic heterocycles. The Morgan fingerprint density at radius 1 is 1.00 bits per heavy atom. The van der Waals surface area contributed by atoms with Crippen molar-refractivity contribution in [2.75, 3.05) is 14.2 Å². The summed E-state index contributed by atoms with van der Waals surface area (Å²) in [5.41, 5.74) is 3.67. The van der Waals surface area contributed by atoms with Crippen LogP contribution in [0.2, 0.25) is 0 Å². The van der Waals surface area contributed by atoms with Gasteiger partial charge in [0.1, 0.15) is 11.5 Å². The van der Waals surface area contributed by atoms with Gasteiger partial charge in [-0.05, 0) is 42.3 Å². The fourth-order valence-electron chi connectivity index (χ4n) is 2.92. The number of thioether (sulfide) groups is 1. The summed E-state index contributed by atoms with van der Waals surface area (Å²) in [5, 5.41) is 0.712. The molecular weight excluding hydrogens is 372 g/mol. The van der Waals surface area contributed by atoms with Crippen molar-refractivity contribution in [1.82, 2.24) is 9.55 Å². The molecule has 28 heavy (non-hydrogen) atoms. The summed E-state index contributed by atoms with van der Waals surface area (Å²) < 4.78 is 12.1. The molecule has 146 valence electrons. The SMILES string of the molecule is COc1ccc(Cc2c(C)nc(SCc3cccc(OC)c3)n(C)c2=O)cc1. The number of hydrogen-bond acceptors (Lipinski definition) is 5. The molecule has 0 atom stereocenters. The standard InChI is InChI=1S/C22H24N2O3S/c1-15-20(13-16-8-10-18(26-3)11-9-16)21(25)24(2)22(23-15)28-14-17-6-5-7-19(12-17)27-4/h5-12H,13-14H2,1-4H3. The van der Waals surface area contributed by atoms with Gasteiger partial charge in [0, 0.05) is 30.5 Å². The molecule has 0 saturated heterocycles. The lowest BCUT2D eigenvalue weighted by molar-refractivity contribution is 0.414. The summed E-state index contributed by atoms with van der Waals surface area (Å²) in [6.07, 6.45) is 0.552. The average molecular weight is 397 g/mol. The van der Waals surface area contributed by atoms with Crippen molar-refractivity contribution in [1.29, 1.82) is 0 Å². The molecule has 0 saturated carbocycles. The largest absolute Gasteiger partial charge is 0.497 e. The van der Waals surface area contributed by atoms with Crippen molar-refractivity contribution in [3.8, 4) is 11.5 Å². The number of nitrogens with zero attached hydrogens (tertiary/aromatic N) is 2. The highest BCUT2D eigenvalue weighted by Gasteiger charge is 2.13. The number of benzene rings is 2. The third-order valence-corrected chi connectivity index (χ3v) is 5.69. The van der Waals surface area contributed by atoms with Crippen molar-refractivity contribution in [2.24, 2.45) is 7.05 Å². The van der Waals surface area contributed by atoms with Crippen molar-refractivity contribution in [2.45, 2.75) is 24.3 Å². The van der Waals surface area contributed by atoms with Gasteiger partial charge < -0.3 is 9.47 Å². The molecule has 1 aromatic heterocycles. The zero-order valence-corrected chi connectivity index (χ0v) is 17.4. The third-order valence-electron chi connectivity index (χ3n) is 4.59. The van der Waals surface area contributed by atoms with Gasteiger partial charge in [0.15, 0.2) is 5.16 Å². The van der Waals surface area contributed by atoms with Crippen molar-refractivity contribution in [3.63, 3.8) is 0 Å². The molecule has 5 nitrogen and oxygen atoms in total. The maximum atomic E-state index is 12.9. The fourth-order valence-corrected chi connectivity index (χ4v) is 3.87. The summed E-state index contributed by atoms with van der Waals surface area (Å²) in [7, 11) is 5.07. The molecule has 0 radical (unpaired) electrons. The van der Waals surface area contributed by atoms with Gasteiger partial charge >= 0.3 is 0 Å². The number of hydrogen-bond donors (Lipinski definition) is 0. The average Bonchev–Trinajstić information content (AvgIpc) is 2.73. The Bertz CT molecular complexity index is 1010. The van der Waals surface area contributed by atoms with Gasteiger partial charge in [-0.15, -0.1) is 0 Å². The van der Waals surface area contributed by atoms with E-state index in [1.807, 2.05) is 55.5 Å². The normalized spacial score (nSPS) is 10.7. The smallest absolute Gasteiger partial charge is 0.257 e. The number of aryl methyl sites for hydroxylation is 1. The monoisotopic (exact) mass is 396 g/mol. The Labute approximate surface area is 169 Å². The van der Waals surface area contributed by atoms with Crippen molar-refractivity contribution >= 4 is 11.8 Å². The zero-order chi connectivity index (χ0) is 20.1. The highest BCUT2D eigenvalue weighted by Crippen LogP contribution is 2.23. The van der Waals surface area contributed by atoms with Crippen LogP contribution >= 0.6 is 11.8 Å². The Kier molecular flexibility index (Phi) is 6.41. The fraction of sp³-hybridized carbons (Fsp3) is 0.273. The van der Waals surface area contributed by atoms with Crippen LogP contribution in [-0.4, -0.2) is 23.8 Å². The summed E-state index contributed by atoms with van der Waals surface area (Å²) in [6, 6.07) is 15.7. The summed E-state index contributed by atoms with van der Waals surface area (Å²) >= 11 is 1.55. The van der Waals surface area contributed by atoms with Crippen LogP contribution in [0.4, 0.5) is 0 Å². The van der Waals surface area contributed by atoms with Gasteiger partial charge in [-0.3, -0.25) is 9.36 Å². The van der Waals surface area contributed by atoms with E-state index in [1.54, 1.807) is 37.6 Å². The van der Waals surface area contributed by atoms with E-state index in [1.165, 1.54) is 0 Å². The van der Waals surface area contributed by atoms with E-state index in [4.69, 9.17) is 14.5 Å². The van der Waals surface area contributed by atoms with Crippen LogP contribution in [0.3, 0.4) is 0 Å². The predicted molar refractivity (Wildman–Crippen MR) is 113 cm³/mol. The van der Waals surface area contributed by atoms with Crippen LogP contribution in [-0.2, 0) is 19.2 Å². The first kappa shape index (κ1) is 20.0. The molecule has 0 aliphatic rings. The molecule has 0 aliphatic carbocycles. The van der Waals surface area contributed by atoms with Gasteiger partial charge in [-0.2, -0.15) is 0 Å². The molecule has 0 N–H and O–H groups in total. The van der Waals surface area contributed by atoms with E-state index >= 15 is 0 Å². The predicted octanol–water partition coefficient (Wildman–Crippen LogP) is 3.99. The second kappa shape index (κ2) is 8.97. The minimum Gasteiger partial charge on any atom is -0.497 e. The summed E-state index contributed by atoms with van der Waals surface area (Å²) in [5.74, 6) is 2.34. The highest BCUT2D eigenvalue weighted by molar-refractivity contribution is 7.98. The van der Waals surface area contributed by atoms with E-state index in [-0.39, 0.29) is 5.56 Å². The number of ether oxygens (including phenoxy) is 2. The van der Waals surface area contributed by atoms with Crippen molar-refractivity contribution < 1.29 is 9.47 Å². The third kappa shape index (κ3) is 4.57. The van der Waals surface area contributed by atoms with Crippen LogP contribution in [0, 0.1) is 6.92 Å². The van der Waals surface area contributed by atoms with E-state index < -0.39 is 0 Å². The molecule has 0 spiro atoms. The molecule has 6 heteroatoms. The molecule has 2 aromatic carbocycles. The van der Waals surface area contributed by atoms with Gasteiger partial charge in [0.25, 0.3) is 5.56 Å². The van der Waals surface area contributed by atoms with Gasteiger partial charge in [0.05, 0.1) is 14.2 Å². The van der Waals surface area contributed by atoms with Crippen LogP contribution in [0.5, 0.6) is 11.5 Å². The minimum atomic E-state index is -0.00328. The van der Waals surface area contributed by atoms with E-state index in [9.17, 15) is 4.79 Å². The number of aromatic nitrogens is 2. The Hall–Kier alpha value is -2.73. The topological polar surface area (TPSA) is 53.4 Å². The van der Waals surface area contributed by atoms with Gasteiger partial charge in [0.2, 0.25) is 0 Å². The Morgan fingerprint density at radius 2 is 1.71 bits per heavy atom. The molecule has 0 fully saturated rings. The van der Waals surface area contributed by atoms with E-state index in [2.05, 4.69) is 0 Å². The maximum absolute atomic E-state index is 12.9. The lowest BCUT2D eigenvalue weighted by atomic mass is 10.1. The van der Waals surface area contributed by atoms with E-state index in [0.717, 1.165) is 39.6 Å². The summed E-state index contributed by atoms with van der Waals surface area (Å²) in [4.78, 5) is 17.6. The highest BCUT2D eigenvalue weighted by atomic mass is 32.2. The van der Waals surface area contributed by atoms with E-state index in [0.29, 0.717) is 11.6 Å². The molecule has 3 aromatic rings. The second-order valence-corrected chi connectivity index (χ2v) is 7.43. The minimum absolute atomic E-state index is 0.00328. The Morgan fingerprint density at radius 3 is 2.39 bits per heavy atom. The molecule has 0 unspecified atom stereocenters. The molecule has 0 amide bonds. The molecule has 0 bridgehead atoms.